The minimum atomic E-state index is 0. The number of nitrogens with zero attached hydrogens (tertiary/aromatic N) is 1. The Kier molecular flexibility index (Phi) is 7.84. The van der Waals surface area contributed by atoms with Crippen LogP contribution >= 0.6 is 12.4 Å². The van der Waals surface area contributed by atoms with Crippen molar-refractivity contribution < 1.29 is 14.2 Å². The molecule has 1 fully saturated rings. The Labute approximate surface area is 214 Å². The van der Waals surface area contributed by atoms with Crippen LogP contribution < -0.4 is 14.2 Å². The minimum absolute atomic E-state index is 0. The van der Waals surface area contributed by atoms with Crippen molar-refractivity contribution in [3.8, 4) is 17.2 Å². The summed E-state index contributed by atoms with van der Waals surface area (Å²) in [5.41, 5.74) is 9.41. The summed E-state index contributed by atoms with van der Waals surface area (Å²) in [5, 5.41) is 0. The first-order valence-corrected chi connectivity index (χ1v) is 11.8. The van der Waals surface area contributed by atoms with Gasteiger partial charge in [-0.3, -0.25) is 4.90 Å². The Morgan fingerprint density at radius 2 is 1.23 bits per heavy atom. The molecule has 4 nitrogen and oxygen atoms in total. The largest absolute Gasteiger partial charge is 0.493 e. The van der Waals surface area contributed by atoms with Crippen LogP contribution in [0.3, 0.4) is 0 Å². The van der Waals surface area contributed by atoms with Crippen molar-refractivity contribution in [3.05, 3.63) is 94.1 Å². The minimum Gasteiger partial charge on any atom is -0.493 e. The maximum absolute atomic E-state index is 5.55. The van der Waals surface area contributed by atoms with E-state index in [-0.39, 0.29) is 12.4 Å². The Morgan fingerprint density at radius 1 is 0.714 bits per heavy atom. The lowest BCUT2D eigenvalue weighted by Gasteiger charge is -2.31. The predicted molar refractivity (Wildman–Crippen MR) is 146 cm³/mol. The standard InChI is InChI=1S/C30H31NO3.ClH/c1-32-27-18-21(19-28(33-2)30(27)34-3)20-31-16-14-24(15-17-31)29-25-10-6-4-8-22(25)12-13-23-9-5-7-11-26(23)29;/h4-13,18-19H,14-17,20H2,1-3H3;1H. The number of halogens is 1. The molecule has 0 radical (unpaired) electrons. The molecule has 3 aromatic rings. The van der Waals surface area contributed by atoms with Gasteiger partial charge in [0.15, 0.2) is 11.5 Å². The van der Waals surface area contributed by atoms with Crippen LogP contribution in [0, 0.1) is 0 Å². The number of likely N-dealkylation sites (tertiary alicyclic amines) is 1. The fraction of sp³-hybridized carbons (Fsp3) is 0.267. The van der Waals surface area contributed by atoms with Gasteiger partial charge in [-0.05, 0) is 58.4 Å². The lowest BCUT2D eigenvalue weighted by Crippen LogP contribution is -2.30. The van der Waals surface area contributed by atoms with E-state index in [1.165, 1.54) is 33.4 Å². The van der Waals surface area contributed by atoms with Gasteiger partial charge in [0, 0.05) is 19.6 Å². The van der Waals surface area contributed by atoms with E-state index in [9.17, 15) is 0 Å². The molecular weight excluding hydrogens is 458 g/mol. The summed E-state index contributed by atoms with van der Waals surface area (Å²) in [4.78, 5) is 2.51. The Balaban J connectivity index is 0.00000289. The zero-order valence-electron chi connectivity index (χ0n) is 20.5. The van der Waals surface area contributed by atoms with Crippen LogP contribution in [-0.4, -0.2) is 39.3 Å². The molecule has 5 rings (SSSR count). The highest BCUT2D eigenvalue weighted by Crippen LogP contribution is 2.40. The Morgan fingerprint density at radius 3 is 1.71 bits per heavy atom. The molecule has 0 spiro atoms. The second kappa shape index (κ2) is 11.0. The van der Waals surface area contributed by atoms with Crippen molar-refractivity contribution in [2.45, 2.75) is 19.4 Å². The van der Waals surface area contributed by atoms with Crippen LogP contribution in [0.1, 0.15) is 40.7 Å². The topological polar surface area (TPSA) is 30.9 Å². The number of benzene rings is 3. The molecule has 3 aromatic carbocycles. The fourth-order valence-electron chi connectivity index (χ4n) is 5.16. The summed E-state index contributed by atoms with van der Waals surface area (Å²) in [6.07, 6.45) is 6.62. The van der Waals surface area contributed by atoms with E-state index in [0.29, 0.717) is 17.2 Å². The van der Waals surface area contributed by atoms with Gasteiger partial charge in [0.05, 0.1) is 21.3 Å². The van der Waals surface area contributed by atoms with Crippen LogP contribution in [0.15, 0.2) is 66.2 Å². The Hall–Kier alpha value is -3.21. The van der Waals surface area contributed by atoms with Crippen molar-refractivity contribution >= 4 is 30.1 Å². The molecule has 0 amide bonds. The van der Waals surface area contributed by atoms with Gasteiger partial charge in [-0.1, -0.05) is 66.3 Å². The molecule has 1 aliphatic carbocycles. The smallest absolute Gasteiger partial charge is 0.203 e. The number of ether oxygens (including phenoxy) is 3. The molecule has 0 saturated carbocycles. The van der Waals surface area contributed by atoms with E-state index in [2.05, 4.69) is 77.7 Å². The monoisotopic (exact) mass is 489 g/mol. The molecule has 0 aromatic heterocycles. The first-order chi connectivity index (χ1) is 16.7. The summed E-state index contributed by atoms with van der Waals surface area (Å²) in [5.74, 6) is 2.05. The molecule has 0 atom stereocenters. The van der Waals surface area contributed by atoms with E-state index in [4.69, 9.17) is 14.2 Å². The highest BCUT2D eigenvalue weighted by Gasteiger charge is 2.23. The van der Waals surface area contributed by atoms with Crippen molar-refractivity contribution in [2.75, 3.05) is 34.4 Å². The number of piperidine rings is 1. The first kappa shape index (κ1) is 24.9. The highest BCUT2D eigenvalue weighted by atomic mass is 35.5. The maximum Gasteiger partial charge on any atom is 0.203 e. The lowest BCUT2D eigenvalue weighted by atomic mass is 9.86. The van der Waals surface area contributed by atoms with Gasteiger partial charge in [-0.25, -0.2) is 0 Å². The van der Waals surface area contributed by atoms with Crippen LogP contribution in [-0.2, 0) is 6.54 Å². The van der Waals surface area contributed by atoms with E-state index in [1.807, 2.05) is 0 Å². The van der Waals surface area contributed by atoms with Gasteiger partial charge in [0.1, 0.15) is 0 Å². The maximum atomic E-state index is 5.55. The SMILES string of the molecule is COc1cc(CN2CCC(=C3c4ccccc4C=Cc4ccccc43)CC2)cc(OC)c1OC.Cl. The second-order valence-electron chi connectivity index (χ2n) is 8.80. The van der Waals surface area contributed by atoms with Crippen molar-refractivity contribution in [1.82, 2.24) is 4.90 Å². The van der Waals surface area contributed by atoms with Gasteiger partial charge in [-0.2, -0.15) is 0 Å². The lowest BCUT2D eigenvalue weighted by molar-refractivity contribution is 0.247. The molecule has 5 heteroatoms. The molecule has 1 saturated heterocycles. The molecule has 1 aliphatic heterocycles. The van der Waals surface area contributed by atoms with Gasteiger partial charge >= 0.3 is 0 Å². The van der Waals surface area contributed by atoms with Gasteiger partial charge < -0.3 is 14.2 Å². The van der Waals surface area contributed by atoms with E-state index in [0.717, 1.165) is 32.5 Å². The van der Waals surface area contributed by atoms with Crippen LogP contribution in [0.25, 0.3) is 17.7 Å². The predicted octanol–water partition coefficient (Wildman–Crippen LogP) is 6.72. The fourth-order valence-corrected chi connectivity index (χ4v) is 5.16. The molecule has 182 valence electrons. The molecular formula is C30H32ClNO3. The molecule has 0 unspecified atom stereocenters. The average molecular weight is 490 g/mol. The van der Waals surface area contributed by atoms with E-state index >= 15 is 0 Å². The number of rotatable bonds is 5. The van der Waals surface area contributed by atoms with E-state index < -0.39 is 0 Å². The highest BCUT2D eigenvalue weighted by molar-refractivity contribution is 5.94. The molecule has 1 heterocycles. The third-order valence-electron chi connectivity index (χ3n) is 6.85. The van der Waals surface area contributed by atoms with E-state index in [1.54, 1.807) is 26.9 Å². The summed E-state index contributed by atoms with van der Waals surface area (Å²) in [6, 6.07) is 21.6. The third kappa shape index (κ3) is 4.95. The normalized spacial score (nSPS) is 14.9. The van der Waals surface area contributed by atoms with Crippen LogP contribution in [0.4, 0.5) is 0 Å². The number of methoxy groups -OCH3 is 3. The summed E-state index contributed by atoms with van der Waals surface area (Å²) in [7, 11) is 4.97. The van der Waals surface area contributed by atoms with Crippen molar-refractivity contribution in [1.29, 1.82) is 0 Å². The zero-order chi connectivity index (χ0) is 23.5. The van der Waals surface area contributed by atoms with Gasteiger partial charge in [0.2, 0.25) is 5.75 Å². The molecule has 35 heavy (non-hydrogen) atoms. The zero-order valence-corrected chi connectivity index (χ0v) is 21.4. The summed E-state index contributed by atoms with van der Waals surface area (Å²) in [6.45, 7) is 2.90. The number of hydrogen-bond donors (Lipinski definition) is 0. The Bertz CT molecular complexity index is 1180. The van der Waals surface area contributed by atoms with Crippen LogP contribution in [0.5, 0.6) is 17.2 Å². The van der Waals surface area contributed by atoms with Crippen molar-refractivity contribution in [2.24, 2.45) is 0 Å². The first-order valence-electron chi connectivity index (χ1n) is 11.8. The number of hydrogen-bond acceptors (Lipinski definition) is 4. The summed E-state index contributed by atoms with van der Waals surface area (Å²) >= 11 is 0. The van der Waals surface area contributed by atoms with Crippen LogP contribution in [0.2, 0.25) is 0 Å². The van der Waals surface area contributed by atoms with Gasteiger partial charge in [-0.15, -0.1) is 12.4 Å². The molecule has 0 N–H and O–H groups in total. The molecule has 0 bridgehead atoms. The number of fused-ring (bicyclic) bond motifs is 2. The second-order valence-corrected chi connectivity index (χ2v) is 8.80. The van der Waals surface area contributed by atoms with Crippen molar-refractivity contribution in [3.63, 3.8) is 0 Å². The summed E-state index contributed by atoms with van der Waals surface area (Å²) < 4.78 is 16.6. The quantitative estimate of drug-likeness (QED) is 0.311. The molecule has 2 aliphatic rings. The third-order valence-corrected chi connectivity index (χ3v) is 6.85. The van der Waals surface area contributed by atoms with Gasteiger partial charge in [0.25, 0.3) is 0 Å². The average Bonchev–Trinajstić information content (AvgIpc) is 3.05.